The van der Waals surface area contributed by atoms with E-state index in [4.69, 9.17) is 0 Å². The molecule has 0 amide bonds. The Balaban J connectivity index is 1.72. The third-order valence-corrected chi connectivity index (χ3v) is 3.76. The minimum atomic E-state index is 0.684. The Kier molecular flexibility index (Phi) is 3.73. The van der Waals surface area contributed by atoms with Crippen molar-refractivity contribution >= 4 is 0 Å². The lowest BCUT2D eigenvalue weighted by atomic mass is 9.91. The lowest BCUT2D eigenvalue weighted by Crippen LogP contribution is -2.05. The number of allylic oxidation sites excluding steroid dienone is 2. The van der Waals surface area contributed by atoms with Gasteiger partial charge in [-0.3, -0.25) is 4.98 Å². The molecule has 1 aliphatic carbocycles. The molecule has 1 heteroatoms. The van der Waals surface area contributed by atoms with E-state index >= 15 is 0 Å². The van der Waals surface area contributed by atoms with E-state index in [0.717, 1.165) is 6.42 Å². The van der Waals surface area contributed by atoms with E-state index in [0.29, 0.717) is 5.92 Å². The summed E-state index contributed by atoms with van der Waals surface area (Å²) in [5.74, 6) is 0.684. The standard InChI is InChI=1S/C18H19N/c1-3-7-15(8-4-1)13-18-12-11-17(14-19-18)16-9-5-2-6-10-16/h2-3,5-7,9-12,14-15H,1,4,8,13H2/t15-/m0/s1. The van der Waals surface area contributed by atoms with Crippen LogP contribution in [0.25, 0.3) is 11.1 Å². The zero-order valence-corrected chi connectivity index (χ0v) is 11.1. The smallest absolute Gasteiger partial charge is 0.0409 e. The molecule has 19 heavy (non-hydrogen) atoms. The second-order valence-corrected chi connectivity index (χ2v) is 5.23. The summed E-state index contributed by atoms with van der Waals surface area (Å²) < 4.78 is 0. The number of hydrogen-bond donors (Lipinski definition) is 0. The number of aromatic nitrogens is 1. The first-order chi connectivity index (χ1) is 9.42. The predicted molar refractivity (Wildman–Crippen MR) is 79.9 cm³/mol. The van der Waals surface area contributed by atoms with Crippen LogP contribution in [-0.2, 0) is 6.42 Å². The SMILES string of the molecule is C1=C[C@H](Cc2ccc(-c3ccccc3)cn2)CCC1. The maximum Gasteiger partial charge on any atom is 0.0409 e. The van der Waals surface area contributed by atoms with Gasteiger partial charge >= 0.3 is 0 Å². The van der Waals surface area contributed by atoms with Gasteiger partial charge in [0.05, 0.1) is 0 Å². The van der Waals surface area contributed by atoms with E-state index in [1.165, 1.54) is 36.1 Å². The van der Waals surface area contributed by atoms with Crippen molar-refractivity contribution in [3.8, 4) is 11.1 Å². The number of nitrogens with zero attached hydrogens (tertiary/aromatic N) is 1. The van der Waals surface area contributed by atoms with Crippen LogP contribution >= 0.6 is 0 Å². The summed E-state index contributed by atoms with van der Waals surface area (Å²) in [5.41, 5.74) is 3.64. The third-order valence-electron chi connectivity index (χ3n) is 3.76. The van der Waals surface area contributed by atoms with Gasteiger partial charge in [-0.1, -0.05) is 48.6 Å². The van der Waals surface area contributed by atoms with Gasteiger partial charge in [0, 0.05) is 17.5 Å². The van der Waals surface area contributed by atoms with Gasteiger partial charge in [-0.25, -0.2) is 0 Å². The summed E-state index contributed by atoms with van der Waals surface area (Å²) in [6, 6.07) is 14.8. The Morgan fingerprint density at radius 2 is 1.89 bits per heavy atom. The molecule has 0 spiro atoms. The third kappa shape index (κ3) is 3.11. The van der Waals surface area contributed by atoms with Gasteiger partial charge in [0.1, 0.15) is 0 Å². The topological polar surface area (TPSA) is 12.9 Å². The molecule has 0 unspecified atom stereocenters. The molecule has 0 radical (unpaired) electrons. The van der Waals surface area contributed by atoms with Crippen molar-refractivity contribution in [2.24, 2.45) is 5.92 Å². The van der Waals surface area contributed by atoms with Crippen molar-refractivity contribution in [3.05, 3.63) is 66.5 Å². The van der Waals surface area contributed by atoms with E-state index < -0.39 is 0 Å². The van der Waals surface area contributed by atoms with Crippen LogP contribution in [-0.4, -0.2) is 4.98 Å². The van der Waals surface area contributed by atoms with Gasteiger partial charge in [-0.2, -0.15) is 0 Å². The number of hydrogen-bond acceptors (Lipinski definition) is 1. The Hall–Kier alpha value is -1.89. The molecule has 1 atom stereocenters. The molecule has 1 aliphatic rings. The van der Waals surface area contributed by atoms with E-state index in [1.807, 2.05) is 12.3 Å². The highest BCUT2D eigenvalue weighted by Gasteiger charge is 2.10. The average Bonchev–Trinajstić information content (AvgIpc) is 2.50. The summed E-state index contributed by atoms with van der Waals surface area (Å²) in [4.78, 5) is 4.62. The molecular weight excluding hydrogens is 230 g/mol. The maximum absolute atomic E-state index is 4.62. The van der Waals surface area contributed by atoms with Gasteiger partial charge in [-0.05, 0) is 43.2 Å². The van der Waals surface area contributed by atoms with Crippen LogP contribution < -0.4 is 0 Å². The second-order valence-electron chi connectivity index (χ2n) is 5.23. The van der Waals surface area contributed by atoms with Crippen LogP contribution in [0.2, 0.25) is 0 Å². The van der Waals surface area contributed by atoms with Gasteiger partial charge < -0.3 is 0 Å². The highest BCUT2D eigenvalue weighted by Crippen LogP contribution is 2.22. The summed E-state index contributed by atoms with van der Waals surface area (Å²) in [6.07, 6.45) is 11.6. The molecule has 2 aromatic rings. The maximum atomic E-state index is 4.62. The molecule has 1 aromatic carbocycles. The highest BCUT2D eigenvalue weighted by atomic mass is 14.7. The molecule has 1 nitrogen and oxygen atoms in total. The van der Waals surface area contributed by atoms with E-state index in [-0.39, 0.29) is 0 Å². The van der Waals surface area contributed by atoms with E-state index in [9.17, 15) is 0 Å². The average molecular weight is 249 g/mol. The minimum absolute atomic E-state index is 0.684. The first-order valence-electron chi connectivity index (χ1n) is 7.09. The first kappa shape index (κ1) is 12.2. The van der Waals surface area contributed by atoms with Crippen LogP contribution in [0, 0.1) is 5.92 Å². The Morgan fingerprint density at radius 3 is 2.58 bits per heavy atom. The number of benzene rings is 1. The normalized spacial score (nSPS) is 18.4. The molecular formula is C18H19N. The Labute approximate surface area is 115 Å². The fraction of sp³-hybridized carbons (Fsp3) is 0.278. The molecule has 3 rings (SSSR count). The summed E-state index contributed by atoms with van der Waals surface area (Å²) in [5, 5.41) is 0. The Bertz CT molecular complexity index is 540. The van der Waals surface area contributed by atoms with E-state index in [1.54, 1.807) is 0 Å². The second kappa shape index (κ2) is 5.83. The molecule has 0 bridgehead atoms. The van der Waals surface area contributed by atoms with Crippen molar-refractivity contribution < 1.29 is 0 Å². The molecule has 1 heterocycles. The fourth-order valence-electron chi connectivity index (χ4n) is 2.67. The molecule has 1 aromatic heterocycles. The highest BCUT2D eigenvalue weighted by molar-refractivity contribution is 5.62. The summed E-state index contributed by atoms with van der Waals surface area (Å²) >= 11 is 0. The fourth-order valence-corrected chi connectivity index (χ4v) is 2.67. The van der Waals surface area contributed by atoms with Crippen molar-refractivity contribution in [2.75, 3.05) is 0 Å². The number of pyridine rings is 1. The van der Waals surface area contributed by atoms with Crippen LogP contribution in [0.1, 0.15) is 25.0 Å². The van der Waals surface area contributed by atoms with Crippen molar-refractivity contribution in [1.82, 2.24) is 4.98 Å². The van der Waals surface area contributed by atoms with Gasteiger partial charge in [0.15, 0.2) is 0 Å². The molecule has 0 fully saturated rings. The zero-order chi connectivity index (χ0) is 12.9. The van der Waals surface area contributed by atoms with Crippen molar-refractivity contribution in [1.29, 1.82) is 0 Å². The molecule has 0 aliphatic heterocycles. The molecule has 0 N–H and O–H groups in total. The largest absolute Gasteiger partial charge is 0.261 e. The lowest BCUT2D eigenvalue weighted by molar-refractivity contribution is 0.533. The zero-order valence-electron chi connectivity index (χ0n) is 11.1. The monoisotopic (exact) mass is 249 g/mol. The predicted octanol–water partition coefficient (Wildman–Crippen LogP) is 4.65. The summed E-state index contributed by atoms with van der Waals surface area (Å²) in [7, 11) is 0. The lowest BCUT2D eigenvalue weighted by Gasteiger charge is -2.15. The molecule has 0 saturated heterocycles. The number of rotatable bonds is 3. The van der Waals surface area contributed by atoms with Crippen LogP contribution in [0.15, 0.2) is 60.8 Å². The van der Waals surface area contributed by atoms with Gasteiger partial charge in [0.2, 0.25) is 0 Å². The van der Waals surface area contributed by atoms with Crippen LogP contribution in [0.3, 0.4) is 0 Å². The summed E-state index contributed by atoms with van der Waals surface area (Å²) in [6.45, 7) is 0. The molecule has 0 saturated carbocycles. The van der Waals surface area contributed by atoms with Gasteiger partial charge in [-0.15, -0.1) is 0 Å². The van der Waals surface area contributed by atoms with E-state index in [2.05, 4.69) is 53.5 Å². The minimum Gasteiger partial charge on any atom is -0.261 e. The molecule has 96 valence electrons. The Morgan fingerprint density at radius 1 is 1.00 bits per heavy atom. The first-order valence-corrected chi connectivity index (χ1v) is 7.09. The quantitative estimate of drug-likeness (QED) is 0.722. The van der Waals surface area contributed by atoms with Gasteiger partial charge in [0.25, 0.3) is 0 Å². The van der Waals surface area contributed by atoms with Crippen molar-refractivity contribution in [3.63, 3.8) is 0 Å². The van der Waals surface area contributed by atoms with Crippen LogP contribution in [0.5, 0.6) is 0 Å². The van der Waals surface area contributed by atoms with Crippen molar-refractivity contribution in [2.45, 2.75) is 25.7 Å². The van der Waals surface area contributed by atoms with Crippen LogP contribution in [0.4, 0.5) is 0 Å².